The van der Waals surface area contributed by atoms with Gasteiger partial charge in [-0.3, -0.25) is 4.72 Å². The minimum atomic E-state index is -3.95. The standard InChI is InChI=1S/C24H18ClNO4S2/c1-15-7-5-6-10-22(15)32(29,30)26-20-14-21(31-23(20)24(27)28)17-11-12-18(19(25)13-17)16-8-3-2-4-9-16/h2-14,26H,1H3,(H,27,28). The minimum Gasteiger partial charge on any atom is -0.477 e. The summed E-state index contributed by atoms with van der Waals surface area (Å²) >= 11 is 7.49. The van der Waals surface area contributed by atoms with E-state index >= 15 is 0 Å². The first-order valence-corrected chi connectivity index (χ1v) is 12.2. The Morgan fingerprint density at radius 3 is 2.28 bits per heavy atom. The molecular formula is C24H18ClNO4S2. The third-order valence-corrected chi connectivity index (χ3v) is 7.90. The Hall–Kier alpha value is -3.13. The maximum atomic E-state index is 12.9. The maximum Gasteiger partial charge on any atom is 0.348 e. The Kier molecular flexibility index (Phi) is 6.06. The third kappa shape index (κ3) is 4.41. The molecule has 4 rings (SSSR count). The molecule has 0 unspecified atom stereocenters. The van der Waals surface area contributed by atoms with E-state index in [2.05, 4.69) is 4.72 Å². The fourth-order valence-electron chi connectivity index (χ4n) is 3.35. The van der Waals surface area contributed by atoms with Gasteiger partial charge in [0.05, 0.1) is 10.6 Å². The highest BCUT2D eigenvalue weighted by atomic mass is 35.5. The fraction of sp³-hybridized carbons (Fsp3) is 0.0417. The van der Waals surface area contributed by atoms with Gasteiger partial charge < -0.3 is 5.11 Å². The van der Waals surface area contributed by atoms with E-state index in [1.54, 1.807) is 31.2 Å². The lowest BCUT2D eigenvalue weighted by Crippen LogP contribution is -2.15. The number of carboxylic acids is 1. The number of rotatable bonds is 6. The zero-order valence-electron chi connectivity index (χ0n) is 16.9. The Morgan fingerprint density at radius 1 is 0.938 bits per heavy atom. The number of hydrogen-bond acceptors (Lipinski definition) is 4. The average Bonchev–Trinajstić information content (AvgIpc) is 3.18. The lowest BCUT2D eigenvalue weighted by atomic mass is 10.0. The van der Waals surface area contributed by atoms with Crippen LogP contribution in [-0.2, 0) is 10.0 Å². The smallest absolute Gasteiger partial charge is 0.348 e. The number of anilines is 1. The highest BCUT2D eigenvalue weighted by Crippen LogP contribution is 2.39. The molecule has 0 bridgehead atoms. The second kappa shape index (κ2) is 8.78. The summed E-state index contributed by atoms with van der Waals surface area (Å²) < 4.78 is 28.2. The van der Waals surface area contributed by atoms with E-state index in [1.807, 2.05) is 42.5 Å². The van der Waals surface area contributed by atoms with Crippen LogP contribution in [0.5, 0.6) is 0 Å². The molecule has 0 aliphatic carbocycles. The van der Waals surface area contributed by atoms with Crippen molar-refractivity contribution in [1.29, 1.82) is 0 Å². The zero-order valence-corrected chi connectivity index (χ0v) is 19.3. The van der Waals surface area contributed by atoms with Crippen LogP contribution in [0.25, 0.3) is 21.6 Å². The van der Waals surface area contributed by atoms with Gasteiger partial charge in [-0.15, -0.1) is 11.3 Å². The first kappa shape index (κ1) is 22.1. The van der Waals surface area contributed by atoms with Crippen LogP contribution in [0.2, 0.25) is 5.02 Å². The van der Waals surface area contributed by atoms with Gasteiger partial charge >= 0.3 is 5.97 Å². The molecule has 0 fully saturated rings. The molecule has 0 spiro atoms. The molecule has 32 heavy (non-hydrogen) atoms. The van der Waals surface area contributed by atoms with Gasteiger partial charge in [-0.1, -0.05) is 72.3 Å². The van der Waals surface area contributed by atoms with Crippen LogP contribution in [-0.4, -0.2) is 19.5 Å². The molecule has 2 N–H and O–H groups in total. The second-order valence-electron chi connectivity index (χ2n) is 7.09. The van der Waals surface area contributed by atoms with Crippen molar-refractivity contribution in [3.63, 3.8) is 0 Å². The Balaban J connectivity index is 1.72. The van der Waals surface area contributed by atoms with Crippen molar-refractivity contribution in [2.45, 2.75) is 11.8 Å². The molecule has 0 saturated carbocycles. The largest absolute Gasteiger partial charge is 0.477 e. The summed E-state index contributed by atoms with van der Waals surface area (Å²) in [5.74, 6) is -1.21. The van der Waals surface area contributed by atoms with Gasteiger partial charge in [-0.25, -0.2) is 13.2 Å². The second-order valence-corrected chi connectivity index (χ2v) is 10.2. The normalized spacial score (nSPS) is 11.3. The molecule has 0 atom stereocenters. The van der Waals surface area contributed by atoms with Crippen LogP contribution >= 0.6 is 22.9 Å². The number of aryl methyl sites for hydroxylation is 1. The van der Waals surface area contributed by atoms with Crippen molar-refractivity contribution < 1.29 is 18.3 Å². The van der Waals surface area contributed by atoms with Gasteiger partial charge in [-0.05, 0) is 41.8 Å². The lowest BCUT2D eigenvalue weighted by Gasteiger charge is -2.09. The first-order valence-electron chi connectivity index (χ1n) is 9.57. The maximum absolute atomic E-state index is 12.9. The molecule has 8 heteroatoms. The van der Waals surface area contributed by atoms with Gasteiger partial charge in [0.25, 0.3) is 10.0 Å². The van der Waals surface area contributed by atoms with Crippen LogP contribution in [0.1, 0.15) is 15.2 Å². The summed E-state index contributed by atoms with van der Waals surface area (Å²) in [7, 11) is -3.95. The van der Waals surface area contributed by atoms with Crippen LogP contribution < -0.4 is 4.72 Å². The number of nitrogens with one attached hydrogen (secondary N) is 1. The predicted molar refractivity (Wildman–Crippen MR) is 129 cm³/mol. The lowest BCUT2D eigenvalue weighted by molar-refractivity contribution is 0.0703. The molecule has 0 saturated heterocycles. The number of halogens is 1. The predicted octanol–water partition coefficient (Wildman–Crippen LogP) is 6.54. The van der Waals surface area contributed by atoms with Gasteiger partial charge in [-0.2, -0.15) is 0 Å². The number of hydrogen-bond donors (Lipinski definition) is 2. The van der Waals surface area contributed by atoms with Crippen molar-refractivity contribution in [2.75, 3.05) is 4.72 Å². The van der Waals surface area contributed by atoms with Crippen LogP contribution in [0.3, 0.4) is 0 Å². The highest BCUT2D eigenvalue weighted by Gasteiger charge is 2.23. The van der Waals surface area contributed by atoms with Crippen LogP contribution in [0.15, 0.2) is 83.8 Å². The van der Waals surface area contributed by atoms with E-state index in [1.165, 1.54) is 12.1 Å². The number of thiophene rings is 1. The first-order chi connectivity index (χ1) is 15.3. The molecular weight excluding hydrogens is 466 g/mol. The van der Waals surface area contributed by atoms with E-state index in [0.717, 1.165) is 22.5 Å². The van der Waals surface area contributed by atoms with Crippen molar-refractivity contribution in [1.82, 2.24) is 0 Å². The molecule has 0 aliphatic heterocycles. The number of carbonyl (C=O) groups is 1. The molecule has 0 aliphatic rings. The number of carboxylic acid groups (broad SMARTS) is 1. The van der Waals surface area contributed by atoms with E-state index in [4.69, 9.17) is 11.6 Å². The molecule has 4 aromatic rings. The Morgan fingerprint density at radius 2 is 1.62 bits per heavy atom. The molecule has 1 aromatic heterocycles. The SMILES string of the molecule is Cc1ccccc1S(=O)(=O)Nc1cc(-c2ccc(-c3ccccc3)c(Cl)c2)sc1C(=O)O. The zero-order chi connectivity index (χ0) is 22.9. The van der Waals surface area contributed by atoms with Gasteiger partial charge in [0.15, 0.2) is 0 Å². The quantitative estimate of drug-likeness (QED) is 0.326. The van der Waals surface area contributed by atoms with Crippen molar-refractivity contribution in [2.24, 2.45) is 0 Å². The Labute approximate surface area is 195 Å². The van der Waals surface area contributed by atoms with Gasteiger partial charge in [0, 0.05) is 15.5 Å². The molecule has 162 valence electrons. The van der Waals surface area contributed by atoms with Gasteiger partial charge in [0.1, 0.15) is 4.88 Å². The summed E-state index contributed by atoms with van der Waals surface area (Å²) in [6.07, 6.45) is 0. The van der Waals surface area contributed by atoms with E-state index in [-0.39, 0.29) is 15.5 Å². The van der Waals surface area contributed by atoms with E-state index < -0.39 is 16.0 Å². The molecule has 1 heterocycles. The summed E-state index contributed by atoms with van der Waals surface area (Å²) in [4.78, 5) is 12.4. The molecule has 0 radical (unpaired) electrons. The van der Waals surface area contributed by atoms with E-state index in [0.29, 0.717) is 21.0 Å². The summed E-state index contributed by atoms with van der Waals surface area (Å²) in [5, 5.41) is 10.2. The van der Waals surface area contributed by atoms with E-state index in [9.17, 15) is 18.3 Å². The molecule has 5 nitrogen and oxygen atoms in total. The molecule has 0 amide bonds. The summed E-state index contributed by atoms with van der Waals surface area (Å²) in [6, 6.07) is 23.2. The fourth-order valence-corrected chi connectivity index (χ4v) is 5.96. The van der Waals surface area contributed by atoms with Crippen molar-refractivity contribution in [3.8, 4) is 21.6 Å². The van der Waals surface area contributed by atoms with Crippen molar-refractivity contribution in [3.05, 3.63) is 94.3 Å². The van der Waals surface area contributed by atoms with Crippen LogP contribution in [0.4, 0.5) is 5.69 Å². The monoisotopic (exact) mass is 483 g/mol. The summed E-state index contributed by atoms with van der Waals surface area (Å²) in [5.41, 5.74) is 3.10. The minimum absolute atomic E-state index is 0.0176. The summed E-state index contributed by atoms with van der Waals surface area (Å²) in [6.45, 7) is 1.68. The number of aromatic carboxylic acids is 1. The average molecular weight is 484 g/mol. The number of sulfonamides is 1. The van der Waals surface area contributed by atoms with Crippen LogP contribution in [0, 0.1) is 6.92 Å². The van der Waals surface area contributed by atoms with Gasteiger partial charge in [0.2, 0.25) is 0 Å². The Bertz CT molecular complexity index is 1410. The topological polar surface area (TPSA) is 83.5 Å². The molecule has 3 aromatic carbocycles. The highest BCUT2D eigenvalue weighted by molar-refractivity contribution is 7.92. The van der Waals surface area contributed by atoms with Crippen molar-refractivity contribution >= 4 is 44.6 Å². The third-order valence-electron chi connectivity index (χ3n) is 4.89. The number of benzene rings is 3.